The zero-order valence-electron chi connectivity index (χ0n) is 13.5. The van der Waals surface area contributed by atoms with Crippen molar-refractivity contribution in [1.29, 1.82) is 0 Å². The van der Waals surface area contributed by atoms with Crippen molar-refractivity contribution >= 4 is 21.6 Å². The second-order valence-corrected chi connectivity index (χ2v) is 7.46. The van der Waals surface area contributed by atoms with Gasteiger partial charge in [0.25, 0.3) is 11.1 Å². The zero-order chi connectivity index (χ0) is 16.7. The normalized spacial score (nSPS) is 17.1. The highest BCUT2D eigenvalue weighted by atomic mass is 32.1. The fraction of sp³-hybridized carbons (Fsp3) is 0.389. The number of nitrogens with one attached hydrogen (secondary N) is 1. The fourth-order valence-electron chi connectivity index (χ4n) is 3.47. The van der Waals surface area contributed by atoms with E-state index in [1.165, 1.54) is 22.9 Å². The number of aromatic amines is 1. The molecule has 0 saturated heterocycles. The van der Waals surface area contributed by atoms with Gasteiger partial charge in [-0.2, -0.15) is 0 Å². The molecule has 1 aliphatic carbocycles. The van der Waals surface area contributed by atoms with Crippen molar-refractivity contribution < 1.29 is 0 Å². The minimum Gasteiger partial charge on any atom is -0.308 e. The largest absolute Gasteiger partial charge is 0.308 e. The van der Waals surface area contributed by atoms with E-state index in [4.69, 9.17) is 0 Å². The van der Waals surface area contributed by atoms with Crippen molar-refractivity contribution in [2.75, 3.05) is 0 Å². The molecule has 1 N–H and O–H groups in total. The molecule has 1 aliphatic rings. The summed E-state index contributed by atoms with van der Waals surface area (Å²) in [6.07, 6.45) is 6.06. The Labute approximate surface area is 143 Å². The first-order chi connectivity index (χ1) is 11.7. The van der Waals surface area contributed by atoms with Gasteiger partial charge < -0.3 is 9.55 Å². The van der Waals surface area contributed by atoms with Crippen molar-refractivity contribution in [3.63, 3.8) is 0 Å². The van der Waals surface area contributed by atoms with E-state index in [1.54, 1.807) is 34.2 Å². The SMILES string of the molecule is CC[C@@H]1CCc2c(sc3nc(Cn4ccccc4=O)[nH]c(=O)c23)C1. The van der Waals surface area contributed by atoms with E-state index in [0.717, 1.165) is 29.5 Å². The second-order valence-electron chi connectivity index (χ2n) is 6.38. The minimum absolute atomic E-state index is 0.0774. The molecule has 0 radical (unpaired) electrons. The first-order valence-electron chi connectivity index (χ1n) is 8.34. The van der Waals surface area contributed by atoms with Crippen LogP contribution in [0.25, 0.3) is 10.2 Å². The molecule has 124 valence electrons. The third-order valence-electron chi connectivity index (χ3n) is 4.87. The van der Waals surface area contributed by atoms with Crippen LogP contribution in [0, 0.1) is 5.92 Å². The van der Waals surface area contributed by atoms with Gasteiger partial charge in [0.15, 0.2) is 0 Å². The van der Waals surface area contributed by atoms with Gasteiger partial charge in [0, 0.05) is 17.1 Å². The van der Waals surface area contributed by atoms with Crippen LogP contribution in [0.5, 0.6) is 0 Å². The van der Waals surface area contributed by atoms with Crippen LogP contribution in [-0.4, -0.2) is 14.5 Å². The van der Waals surface area contributed by atoms with Crippen molar-refractivity contribution in [1.82, 2.24) is 14.5 Å². The predicted molar refractivity (Wildman–Crippen MR) is 95.9 cm³/mol. The number of rotatable bonds is 3. The van der Waals surface area contributed by atoms with Crippen LogP contribution < -0.4 is 11.1 Å². The summed E-state index contributed by atoms with van der Waals surface area (Å²) in [5.74, 6) is 1.25. The Morgan fingerprint density at radius 2 is 2.25 bits per heavy atom. The number of nitrogens with zero attached hydrogens (tertiary/aromatic N) is 2. The molecule has 0 bridgehead atoms. The van der Waals surface area contributed by atoms with Gasteiger partial charge in [0.05, 0.1) is 11.9 Å². The van der Waals surface area contributed by atoms with Gasteiger partial charge in [-0.1, -0.05) is 19.4 Å². The molecule has 0 unspecified atom stereocenters. The summed E-state index contributed by atoms with van der Waals surface area (Å²) in [5, 5.41) is 0.758. The Bertz CT molecular complexity index is 1020. The lowest BCUT2D eigenvalue weighted by molar-refractivity contribution is 0.451. The first-order valence-corrected chi connectivity index (χ1v) is 9.16. The predicted octanol–water partition coefficient (Wildman–Crippen LogP) is 2.71. The van der Waals surface area contributed by atoms with Gasteiger partial charge >= 0.3 is 0 Å². The van der Waals surface area contributed by atoms with Crippen molar-refractivity contribution in [2.45, 2.75) is 39.2 Å². The van der Waals surface area contributed by atoms with Crippen LogP contribution in [0.4, 0.5) is 0 Å². The Balaban J connectivity index is 1.77. The molecule has 5 nitrogen and oxygen atoms in total. The number of thiophene rings is 1. The lowest BCUT2D eigenvalue weighted by atomic mass is 9.86. The highest BCUT2D eigenvalue weighted by Gasteiger charge is 2.24. The Kier molecular flexibility index (Phi) is 3.84. The molecule has 1 atom stereocenters. The van der Waals surface area contributed by atoms with E-state index < -0.39 is 0 Å². The zero-order valence-corrected chi connectivity index (χ0v) is 14.4. The number of aromatic nitrogens is 3. The molecule has 0 saturated carbocycles. The Hall–Kier alpha value is -2.21. The van der Waals surface area contributed by atoms with Crippen LogP contribution in [0.2, 0.25) is 0 Å². The summed E-state index contributed by atoms with van der Waals surface area (Å²) in [4.78, 5) is 34.0. The van der Waals surface area contributed by atoms with Crippen molar-refractivity contribution in [2.24, 2.45) is 5.92 Å². The van der Waals surface area contributed by atoms with E-state index in [-0.39, 0.29) is 17.7 Å². The first kappa shape index (κ1) is 15.3. The molecule has 0 aromatic carbocycles. The summed E-state index contributed by atoms with van der Waals surface area (Å²) in [7, 11) is 0. The number of hydrogen-bond acceptors (Lipinski definition) is 4. The van der Waals surface area contributed by atoms with Gasteiger partial charge in [-0.05, 0) is 36.8 Å². The topological polar surface area (TPSA) is 67.8 Å². The summed E-state index contributed by atoms with van der Waals surface area (Å²) < 4.78 is 1.55. The van der Waals surface area contributed by atoms with E-state index in [9.17, 15) is 9.59 Å². The van der Waals surface area contributed by atoms with Crippen LogP contribution in [-0.2, 0) is 19.4 Å². The maximum Gasteiger partial charge on any atom is 0.259 e. The fourth-order valence-corrected chi connectivity index (χ4v) is 4.83. The molecule has 0 aliphatic heterocycles. The minimum atomic E-state index is -0.100. The smallest absolute Gasteiger partial charge is 0.259 e. The molecular formula is C18H19N3O2S. The average molecular weight is 341 g/mol. The Morgan fingerprint density at radius 1 is 1.38 bits per heavy atom. The Morgan fingerprint density at radius 3 is 3.04 bits per heavy atom. The molecule has 0 fully saturated rings. The van der Waals surface area contributed by atoms with Gasteiger partial charge in [0.2, 0.25) is 0 Å². The van der Waals surface area contributed by atoms with E-state index in [2.05, 4.69) is 16.9 Å². The van der Waals surface area contributed by atoms with E-state index in [0.29, 0.717) is 11.7 Å². The average Bonchev–Trinajstić information content (AvgIpc) is 2.94. The van der Waals surface area contributed by atoms with Crippen LogP contribution in [0.15, 0.2) is 34.0 Å². The molecule has 0 spiro atoms. The van der Waals surface area contributed by atoms with Gasteiger partial charge in [-0.3, -0.25) is 9.59 Å². The summed E-state index contributed by atoms with van der Waals surface area (Å²) in [6.45, 7) is 2.51. The number of fused-ring (bicyclic) bond motifs is 3. The molecule has 3 aromatic heterocycles. The van der Waals surface area contributed by atoms with Crippen LogP contribution in [0.3, 0.4) is 0 Å². The molecule has 24 heavy (non-hydrogen) atoms. The quantitative estimate of drug-likeness (QED) is 0.796. The highest BCUT2D eigenvalue weighted by Crippen LogP contribution is 2.36. The van der Waals surface area contributed by atoms with E-state index >= 15 is 0 Å². The molecule has 3 aromatic rings. The lowest BCUT2D eigenvalue weighted by Crippen LogP contribution is -2.22. The second kappa shape index (κ2) is 6.02. The maximum absolute atomic E-state index is 12.6. The number of H-pyrrole nitrogens is 1. The van der Waals surface area contributed by atoms with E-state index in [1.807, 2.05) is 0 Å². The van der Waals surface area contributed by atoms with Crippen LogP contribution >= 0.6 is 11.3 Å². The molecule has 6 heteroatoms. The molecule has 4 rings (SSSR count). The van der Waals surface area contributed by atoms with Gasteiger partial charge in [0.1, 0.15) is 10.7 Å². The summed E-state index contributed by atoms with van der Waals surface area (Å²) in [5.41, 5.74) is 1.01. The number of pyridine rings is 1. The standard InChI is InChI=1S/C18H19N3O2S/c1-2-11-6-7-12-13(9-11)24-18-16(12)17(23)19-14(20-18)10-21-8-4-3-5-15(21)22/h3-5,8,11H,2,6-7,9-10H2,1H3,(H,19,20,23)/t11-/m1/s1. The number of aryl methyl sites for hydroxylation is 1. The third-order valence-corrected chi connectivity index (χ3v) is 6.01. The molecular weight excluding hydrogens is 322 g/mol. The molecule has 0 amide bonds. The summed E-state index contributed by atoms with van der Waals surface area (Å²) in [6, 6.07) is 5.01. The van der Waals surface area contributed by atoms with Gasteiger partial charge in [-0.25, -0.2) is 4.98 Å². The lowest BCUT2D eigenvalue weighted by Gasteiger charge is -2.20. The van der Waals surface area contributed by atoms with Crippen LogP contribution in [0.1, 0.15) is 36.0 Å². The number of hydrogen-bond donors (Lipinski definition) is 1. The van der Waals surface area contributed by atoms with Gasteiger partial charge in [-0.15, -0.1) is 11.3 Å². The maximum atomic E-state index is 12.6. The molecule has 3 heterocycles. The van der Waals surface area contributed by atoms with Crippen molar-refractivity contribution in [3.8, 4) is 0 Å². The van der Waals surface area contributed by atoms with Crippen molar-refractivity contribution in [3.05, 3.63) is 61.4 Å². The monoisotopic (exact) mass is 341 g/mol. The highest BCUT2D eigenvalue weighted by molar-refractivity contribution is 7.18. The summed E-state index contributed by atoms with van der Waals surface area (Å²) >= 11 is 1.64. The third kappa shape index (κ3) is 2.60.